The standard InChI is InChI=1S/C23H21N5O3S2/c1-13-16(14(2)28-22(24-13)17-6-4-5-7-18(17)27-28)9-11-21(29)26-23-25-19-10-8-15(33(3,30)31)12-20(19)32-23/h4-8,10,12H,9,11H2,1-3H3,(H,25,26,29). The maximum absolute atomic E-state index is 12.6. The van der Waals surface area contributed by atoms with Gasteiger partial charge in [-0.15, -0.1) is 0 Å². The lowest BCUT2D eigenvalue weighted by Crippen LogP contribution is -2.14. The molecule has 0 saturated heterocycles. The second kappa shape index (κ2) is 7.89. The van der Waals surface area contributed by atoms with Crippen molar-refractivity contribution in [3.8, 4) is 0 Å². The summed E-state index contributed by atoms with van der Waals surface area (Å²) in [5.74, 6) is -0.165. The number of carbonyl (C=O) groups is 1. The molecule has 0 fully saturated rings. The number of aryl methyl sites for hydroxylation is 2. The molecule has 0 radical (unpaired) electrons. The van der Waals surface area contributed by atoms with Crippen LogP contribution in [0.25, 0.3) is 26.8 Å². The lowest BCUT2D eigenvalue weighted by atomic mass is 10.1. The predicted octanol–water partition coefficient (Wildman–Crippen LogP) is 4.08. The van der Waals surface area contributed by atoms with Crippen LogP contribution < -0.4 is 5.32 Å². The van der Waals surface area contributed by atoms with Crippen molar-refractivity contribution >= 4 is 59.0 Å². The summed E-state index contributed by atoms with van der Waals surface area (Å²) >= 11 is 1.25. The second-order valence-corrected chi connectivity index (χ2v) is 11.0. The van der Waals surface area contributed by atoms with Crippen LogP contribution in [-0.4, -0.2) is 40.2 Å². The van der Waals surface area contributed by atoms with Crippen LogP contribution in [0.3, 0.4) is 0 Å². The predicted molar refractivity (Wildman–Crippen MR) is 130 cm³/mol. The van der Waals surface area contributed by atoms with E-state index in [1.54, 1.807) is 12.1 Å². The fourth-order valence-corrected chi connectivity index (χ4v) is 5.59. The average Bonchev–Trinajstić information content (AvgIpc) is 3.33. The van der Waals surface area contributed by atoms with Crippen molar-refractivity contribution in [2.24, 2.45) is 0 Å². The molecule has 8 nitrogen and oxygen atoms in total. The van der Waals surface area contributed by atoms with Crippen molar-refractivity contribution < 1.29 is 13.2 Å². The van der Waals surface area contributed by atoms with Gasteiger partial charge in [-0.05, 0) is 56.2 Å². The van der Waals surface area contributed by atoms with Crippen LogP contribution in [0.15, 0.2) is 47.4 Å². The number of hydrogen-bond acceptors (Lipinski definition) is 7. The number of benzene rings is 2. The summed E-state index contributed by atoms with van der Waals surface area (Å²) in [6.45, 7) is 3.95. The summed E-state index contributed by atoms with van der Waals surface area (Å²) in [7, 11) is -3.30. The SMILES string of the molecule is Cc1nc2c3ccccc3nn2c(C)c1CCC(=O)Nc1nc2ccc(S(C)(=O)=O)cc2s1. The van der Waals surface area contributed by atoms with Crippen molar-refractivity contribution in [1.29, 1.82) is 0 Å². The number of nitrogens with zero attached hydrogens (tertiary/aromatic N) is 4. The molecule has 0 aliphatic carbocycles. The topological polar surface area (TPSA) is 106 Å². The smallest absolute Gasteiger partial charge is 0.226 e. The number of anilines is 1. The van der Waals surface area contributed by atoms with Crippen LogP contribution in [0.1, 0.15) is 23.4 Å². The number of nitrogens with one attached hydrogen (secondary N) is 1. The molecule has 0 unspecified atom stereocenters. The zero-order chi connectivity index (χ0) is 23.3. The Morgan fingerprint density at radius 1 is 1.09 bits per heavy atom. The number of hydrogen-bond donors (Lipinski definition) is 1. The molecule has 0 atom stereocenters. The van der Waals surface area contributed by atoms with E-state index in [0.29, 0.717) is 21.8 Å². The highest BCUT2D eigenvalue weighted by atomic mass is 32.2. The number of sulfone groups is 1. The first-order valence-electron chi connectivity index (χ1n) is 10.3. The van der Waals surface area contributed by atoms with Gasteiger partial charge in [0.2, 0.25) is 5.91 Å². The average molecular weight is 480 g/mol. The van der Waals surface area contributed by atoms with E-state index in [9.17, 15) is 13.2 Å². The molecule has 3 heterocycles. The van der Waals surface area contributed by atoms with E-state index in [-0.39, 0.29) is 17.2 Å². The molecule has 33 heavy (non-hydrogen) atoms. The number of aromatic nitrogens is 4. The first-order valence-corrected chi connectivity index (χ1v) is 13.1. The zero-order valence-electron chi connectivity index (χ0n) is 18.3. The Hall–Kier alpha value is -3.37. The van der Waals surface area contributed by atoms with Gasteiger partial charge in [0.1, 0.15) is 0 Å². The maximum atomic E-state index is 12.6. The largest absolute Gasteiger partial charge is 0.302 e. The highest BCUT2D eigenvalue weighted by Gasteiger charge is 2.16. The third-order valence-corrected chi connectivity index (χ3v) is 7.70. The van der Waals surface area contributed by atoms with E-state index in [1.807, 2.05) is 42.6 Å². The molecule has 1 amide bonds. The quantitative estimate of drug-likeness (QED) is 0.407. The summed E-state index contributed by atoms with van der Waals surface area (Å²) in [4.78, 5) is 22.0. The summed E-state index contributed by atoms with van der Waals surface area (Å²) in [5.41, 5.74) is 5.19. The van der Waals surface area contributed by atoms with Gasteiger partial charge in [-0.25, -0.2) is 22.9 Å². The molecule has 168 valence electrons. The minimum absolute atomic E-state index is 0.165. The number of rotatable bonds is 5. The van der Waals surface area contributed by atoms with Gasteiger partial charge in [0.05, 0.1) is 20.6 Å². The Bertz CT molecular complexity index is 1670. The molecule has 0 saturated carbocycles. The summed E-state index contributed by atoms with van der Waals surface area (Å²) < 4.78 is 26.1. The van der Waals surface area contributed by atoms with Crippen LogP contribution in [0.2, 0.25) is 0 Å². The minimum atomic E-state index is -3.30. The molecule has 0 bridgehead atoms. The number of amides is 1. The fourth-order valence-electron chi connectivity index (χ4n) is 3.95. The fraction of sp³-hybridized carbons (Fsp3) is 0.217. The van der Waals surface area contributed by atoms with Crippen LogP contribution >= 0.6 is 11.3 Å². The molecule has 10 heteroatoms. The van der Waals surface area contributed by atoms with E-state index >= 15 is 0 Å². The molecule has 5 rings (SSSR count). The lowest BCUT2D eigenvalue weighted by molar-refractivity contribution is -0.116. The van der Waals surface area contributed by atoms with Crippen LogP contribution in [0.4, 0.5) is 5.13 Å². The highest BCUT2D eigenvalue weighted by Crippen LogP contribution is 2.28. The van der Waals surface area contributed by atoms with Gasteiger partial charge in [-0.2, -0.15) is 5.10 Å². The van der Waals surface area contributed by atoms with Gasteiger partial charge in [0, 0.05) is 29.5 Å². The zero-order valence-corrected chi connectivity index (χ0v) is 19.9. The molecular formula is C23H21N5O3S2. The van der Waals surface area contributed by atoms with Crippen LogP contribution in [0.5, 0.6) is 0 Å². The molecule has 0 aliphatic rings. The van der Waals surface area contributed by atoms with Crippen molar-refractivity contribution in [2.45, 2.75) is 31.6 Å². The normalized spacial score (nSPS) is 12.1. The molecule has 0 aliphatic heterocycles. The van der Waals surface area contributed by atoms with Crippen LogP contribution in [0, 0.1) is 13.8 Å². The van der Waals surface area contributed by atoms with Gasteiger partial charge in [0.25, 0.3) is 0 Å². The summed E-state index contributed by atoms with van der Waals surface area (Å²) in [5, 5.41) is 8.94. The van der Waals surface area contributed by atoms with Gasteiger partial charge in [0.15, 0.2) is 20.6 Å². The van der Waals surface area contributed by atoms with E-state index in [1.165, 1.54) is 23.7 Å². The van der Waals surface area contributed by atoms with Crippen molar-refractivity contribution in [3.63, 3.8) is 0 Å². The van der Waals surface area contributed by atoms with E-state index < -0.39 is 9.84 Å². The van der Waals surface area contributed by atoms with Crippen LogP contribution in [-0.2, 0) is 21.1 Å². The van der Waals surface area contributed by atoms with E-state index in [2.05, 4.69) is 15.4 Å². The van der Waals surface area contributed by atoms with Gasteiger partial charge in [-0.3, -0.25) is 4.79 Å². The molecule has 3 aromatic heterocycles. The molecular weight excluding hydrogens is 458 g/mol. The monoisotopic (exact) mass is 479 g/mol. The maximum Gasteiger partial charge on any atom is 0.226 e. The number of thiazole rings is 1. The Morgan fingerprint density at radius 3 is 2.67 bits per heavy atom. The first-order chi connectivity index (χ1) is 15.7. The second-order valence-electron chi connectivity index (χ2n) is 7.98. The number of fused-ring (bicyclic) bond motifs is 4. The van der Waals surface area contributed by atoms with Crippen molar-refractivity contribution in [1.82, 2.24) is 19.6 Å². The Labute approximate surface area is 194 Å². The van der Waals surface area contributed by atoms with Gasteiger partial charge < -0.3 is 5.32 Å². The Balaban J connectivity index is 1.35. The molecule has 1 N–H and O–H groups in total. The van der Waals surface area contributed by atoms with E-state index in [4.69, 9.17) is 4.98 Å². The molecule has 0 spiro atoms. The molecule has 2 aromatic carbocycles. The third kappa shape index (κ3) is 3.96. The number of carbonyl (C=O) groups excluding carboxylic acids is 1. The summed E-state index contributed by atoms with van der Waals surface area (Å²) in [6, 6.07) is 12.6. The van der Waals surface area contributed by atoms with Crippen molar-refractivity contribution in [2.75, 3.05) is 11.6 Å². The van der Waals surface area contributed by atoms with E-state index in [0.717, 1.165) is 33.5 Å². The van der Waals surface area contributed by atoms with Gasteiger partial charge >= 0.3 is 0 Å². The first kappa shape index (κ1) is 21.5. The molecule has 5 aromatic rings. The third-order valence-electron chi connectivity index (χ3n) is 5.65. The minimum Gasteiger partial charge on any atom is -0.302 e. The highest BCUT2D eigenvalue weighted by molar-refractivity contribution is 7.90. The Morgan fingerprint density at radius 2 is 1.88 bits per heavy atom. The van der Waals surface area contributed by atoms with Crippen molar-refractivity contribution in [3.05, 3.63) is 59.4 Å². The summed E-state index contributed by atoms with van der Waals surface area (Å²) in [6.07, 6.45) is 1.95. The van der Waals surface area contributed by atoms with Gasteiger partial charge in [-0.1, -0.05) is 23.5 Å². The lowest BCUT2D eigenvalue weighted by Gasteiger charge is -2.10. The Kier molecular flexibility index (Phi) is 5.13.